The minimum Gasteiger partial charge on any atom is -0.396 e. The van der Waals surface area contributed by atoms with Crippen molar-refractivity contribution in [1.82, 2.24) is 15.1 Å². The van der Waals surface area contributed by atoms with Crippen molar-refractivity contribution in [3.8, 4) is 11.3 Å². The number of amides is 1. The van der Waals surface area contributed by atoms with E-state index >= 15 is 0 Å². The highest BCUT2D eigenvalue weighted by Crippen LogP contribution is 2.26. The number of rotatable bonds is 7. The van der Waals surface area contributed by atoms with Crippen LogP contribution in [0.15, 0.2) is 30.3 Å². The maximum atomic E-state index is 12.4. The summed E-state index contributed by atoms with van der Waals surface area (Å²) in [5.74, 6) is -0.270. The van der Waals surface area contributed by atoms with Gasteiger partial charge in [-0.3, -0.25) is 9.89 Å². The van der Waals surface area contributed by atoms with Crippen molar-refractivity contribution in [1.29, 1.82) is 0 Å². The van der Waals surface area contributed by atoms with E-state index in [1.165, 1.54) is 4.90 Å². The van der Waals surface area contributed by atoms with Crippen LogP contribution in [0.3, 0.4) is 0 Å². The highest BCUT2D eigenvalue weighted by molar-refractivity contribution is 6.33. The third-order valence-corrected chi connectivity index (χ3v) is 3.53. The van der Waals surface area contributed by atoms with Crippen LogP contribution in [0.5, 0.6) is 0 Å². The van der Waals surface area contributed by atoms with E-state index in [0.29, 0.717) is 29.4 Å². The van der Waals surface area contributed by atoms with Gasteiger partial charge in [-0.1, -0.05) is 29.8 Å². The minimum atomic E-state index is -0.270. The highest BCUT2D eigenvalue weighted by Gasteiger charge is 2.18. The van der Waals surface area contributed by atoms with Crippen molar-refractivity contribution in [2.24, 2.45) is 0 Å². The van der Waals surface area contributed by atoms with E-state index in [9.17, 15) is 4.79 Å². The zero-order valence-corrected chi connectivity index (χ0v) is 12.8. The fraction of sp³-hybridized carbons (Fsp3) is 0.333. The zero-order chi connectivity index (χ0) is 15.9. The Labute approximate surface area is 133 Å². The van der Waals surface area contributed by atoms with E-state index in [0.717, 1.165) is 5.56 Å². The van der Waals surface area contributed by atoms with Crippen molar-refractivity contribution in [3.05, 3.63) is 41.0 Å². The van der Waals surface area contributed by atoms with Crippen LogP contribution in [-0.2, 0) is 0 Å². The molecule has 0 aliphatic heterocycles. The Bertz CT molecular complexity index is 630. The van der Waals surface area contributed by atoms with Gasteiger partial charge in [0, 0.05) is 25.3 Å². The van der Waals surface area contributed by atoms with Crippen LogP contribution in [0.1, 0.15) is 16.9 Å². The first-order valence-corrected chi connectivity index (χ1v) is 7.36. The normalized spacial score (nSPS) is 10.7. The number of aromatic amines is 1. The molecule has 0 unspecified atom stereocenters. The lowest BCUT2D eigenvalue weighted by molar-refractivity contribution is 0.0704. The van der Waals surface area contributed by atoms with Gasteiger partial charge >= 0.3 is 0 Å². The Balaban J connectivity index is 2.19. The molecule has 0 saturated carbocycles. The van der Waals surface area contributed by atoms with Gasteiger partial charge in [-0.2, -0.15) is 5.10 Å². The number of halogens is 1. The topological polar surface area (TPSA) is 89.5 Å². The summed E-state index contributed by atoms with van der Waals surface area (Å²) >= 11 is 6.12. The molecular formula is C15H18ClN3O3. The van der Waals surface area contributed by atoms with Crippen molar-refractivity contribution < 1.29 is 15.0 Å². The van der Waals surface area contributed by atoms with Gasteiger partial charge in [0.2, 0.25) is 0 Å². The van der Waals surface area contributed by atoms with Crippen molar-refractivity contribution in [2.75, 3.05) is 26.3 Å². The second-order valence-electron chi connectivity index (χ2n) is 4.74. The molecule has 118 valence electrons. The van der Waals surface area contributed by atoms with Crippen LogP contribution in [0.2, 0.25) is 5.02 Å². The molecule has 1 amide bonds. The summed E-state index contributed by atoms with van der Waals surface area (Å²) in [4.78, 5) is 13.9. The van der Waals surface area contributed by atoms with Crippen molar-refractivity contribution in [2.45, 2.75) is 6.42 Å². The van der Waals surface area contributed by atoms with Gasteiger partial charge in [-0.25, -0.2) is 0 Å². The van der Waals surface area contributed by atoms with Gasteiger partial charge in [0.05, 0.1) is 17.3 Å². The number of hydrogen-bond acceptors (Lipinski definition) is 4. The first-order chi connectivity index (χ1) is 10.7. The smallest absolute Gasteiger partial charge is 0.271 e. The van der Waals surface area contributed by atoms with Gasteiger partial charge in [0.1, 0.15) is 5.69 Å². The molecule has 0 radical (unpaired) electrons. The zero-order valence-electron chi connectivity index (χ0n) is 12.0. The molecule has 3 N–H and O–H groups in total. The molecule has 1 aromatic heterocycles. The molecule has 0 aliphatic rings. The Morgan fingerprint density at radius 1 is 1.23 bits per heavy atom. The van der Waals surface area contributed by atoms with Gasteiger partial charge < -0.3 is 15.1 Å². The van der Waals surface area contributed by atoms with Crippen LogP contribution >= 0.6 is 11.6 Å². The minimum absolute atomic E-state index is 0.0109. The molecule has 0 fully saturated rings. The summed E-state index contributed by atoms with van der Waals surface area (Å²) in [6.45, 7) is 0.432. The van der Waals surface area contributed by atoms with E-state index in [1.54, 1.807) is 12.1 Å². The summed E-state index contributed by atoms with van der Waals surface area (Å²) in [6.07, 6.45) is 0.456. The van der Waals surface area contributed by atoms with E-state index < -0.39 is 0 Å². The second kappa shape index (κ2) is 7.93. The number of aliphatic hydroxyl groups excluding tert-OH is 2. The standard InChI is InChI=1S/C15H18ClN3O3/c16-12-5-2-1-4-11(12)13-10-14(18-17-13)15(22)19(7-9-21)6-3-8-20/h1-2,4-5,10,20-21H,3,6-9H2,(H,17,18). The monoisotopic (exact) mass is 323 g/mol. The first kappa shape index (κ1) is 16.5. The molecule has 0 saturated heterocycles. The number of aromatic nitrogens is 2. The average molecular weight is 324 g/mol. The predicted octanol–water partition coefficient (Wildman–Crippen LogP) is 1.55. The number of benzene rings is 1. The summed E-state index contributed by atoms with van der Waals surface area (Å²) in [6, 6.07) is 8.88. The summed E-state index contributed by atoms with van der Waals surface area (Å²) in [7, 11) is 0. The van der Waals surface area contributed by atoms with Gasteiger partial charge in [0.15, 0.2) is 0 Å². The molecule has 22 heavy (non-hydrogen) atoms. The van der Waals surface area contributed by atoms with Crippen LogP contribution in [0.25, 0.3) is 11.3 Å². The van der Waals surface area contributed by atoms with E-state index in [2.05, 4.69) is 10.2 Å². The number of aliphatic hydroxyl groups is 2. The molecule has 1 aromatic carbocycles. The van der Waals surface area contributed by atoms with Crippen LogP contribution in [0, 0.1) is 0 Å². The molecule has 0 spiro atoms. The maximum Gasteiger partial charge on any atom is 0.271 e. The van der Waals surface area contributed by atoms with Crippen molar-refractivity contribution >= 4 is 17.5 Å². The molecule has 2 rings (SSSR count). The highest BCUT2D eigenvalue weighted by atomic mass is 35.5. The molecule has 1 heterocycles. The van der Waals surface area contributed by atoms with E-state index in [1.807, 2.05) is 18.2 Å². The van der Waals surface area contributed by atoms with E-state index in [-0.39, 0.29) is 25.7 Å². The molecule has 6 nitrogen and oxygen atoms in total. The summed E-state index contributed by atoms with van der Waals surface area (Å²) < 4.78 is 0. The molecule has 7 heteroatoms. The number of nitrogens with zero attached hydrogens (tertiary/aromatic N) is 2. The lowest BCUT2D eigenvalue weighted by Gasteiger charge is -2.20. The average Bonchev–Trinajstić information content (AvgIpc) is 3.01. The second-order valence-corrected chi connectivity index (χ2v) is 5.15. The molecule has 0 bridgehead atoms. The predicted molar refractivity (Wildman–Crippen MR) is 83.7 cm³/mol. The van der Waals surface area contributed by atoms with Gasteiger partial charge in [0.25, 0.3) is 5.91 Å². The largest absolute Gasteiger partial charge is 0.396 e. The Hall–Kier alpha value is -1.89. The van der Waals surface area contributed by atoms with Crippen LogP contribution in [0.4, 0.5) is 0 Å². The number of carbonyl (C=O) groups excluding carboxylic acids is 1. The lowest BCUT2D eigenvalue weighted by atomic mass is 10.1. The maximum absolute atomic E-state index is 12.4. The van der Waals surface area contributed by atoms with Crippen LogP contribution in [-0.4, -0.2) is 57.5 Å². The third kappa shape index (κ3) is 3.85. The Morgan fingerprint density at radius 2 is 2.00 bits per heavy atom. The quantitative estimate of drug-likeness (QED) is 0.721. The van der Waals surface area contributed by atoms with Crippen molar-refractivity contribution in [3.63, 3.8) is 0 Å². The summed E-state index contributed by atoms with van der Waals surface area (Å²) in [5.41, 5.74) is 1.64. The third-order valence-electron chi connectivity index (χ3n) is 3.20. The Morgan fingerprint density at radius 3 is 2.68 bits per heavy atom. The number of nitrogens with one attached hydrogen (secondary N) is 1. The van der Waals surface area contributed by atoms with E-state index in [4.69, 9.17) is 21.8 Å². The lowest BCUT2D eigenvalue weighted by Crippen LogP contribution is -2.35. The molecule has 0 aliphatic carbocycles. The Kier molecular flexibility index (Phi) is 5.94. The fourth-order valence-corrected chi connectivity index (χ4v) is 2.34. The molecule has 2 aromatic rings. The SMILES string of the molecule is O=C(c1cc(-c2ccccc2Cl)n[nH]1)N(CCO)CCCO. The number of carbonyl (C=O) groups is 1. The van der Waals surface area contributed by atoms with Gasteiger partial charge in [-0.15, -0.1) is 0 Å². The molecule has 0 atom stereocenters. The first-order valence-electron chi connectivity index (χ1n) is 6.98. The number of H-pyrrole nitrogens is 1. The summed E-state index contributed by atoms with van der Waals surface area (Å²) in [5, 5.41) is 25.3. The number of hydrogen-bond donors (Lipinski definition) is 3. The van der Waals surface area contributed by atoms with Gasteiger partial charge in [-0.05, 0) is 18.6 Å². The fourth-order valence-electron chi connectivity index (χ4n) is 2.11. The van der Waals surface area contributed by atoms with Crippen LogP contribution < -0.4 is 0 Å². The molecular weight excluding hydrogens is 306 g/mol.